The van der Waals surface area contributed by atoms with E-state index in [1.807, 2.05) is 45.0 Å². The SMILES string of the molecule is CN(C(=O)OC(C)(C)C)c1ccc(NCc2ccsc2)cc1. The van der Waals surface area contributed by atoms with Crippen molar-refractivity contribution in [3.05, 3.63) is 46.7 Å². The summed E-state index contributed by atoms with van der Waals surface area (Å²) < 4.78 is 5.35. The Morgan fingerprint density at radius 1 is 1.23 bits per heavy atom. The average Bonchev–Trinajstić information content (AvgIpc) is 2.96. The number of anilines is 2. The van der Waals surface area contributed by atoms with Gasteiger partial charge in [0.15, 0.2) is 0 Å². The summed E-state index contributed by atoms with van der Waals surface area (Å²) in [5.41, 5.74) is 2.59. The minimum atomic E-state index is -0.493. The maximum absolute atomic E-state index is 12.0. The molecule has 0 fully saturated rings. The first-order valence-electron chi connectivity index (χ1n) is 7.17. The van der Waals surface area contributed by atoms with Gasteiger partial charge in [0, 0.05) is 25.0 Å². The van der Waals surface area contributed by atoms with Crippen molar-refractivity contribution in [1.82, 2.24) is 0 Å². The lowest BCUT2D eigenvalue weighted by molar-refractivity contribution is 0.0589. The second-order valence-electron chi connectivity index (χ2n) is 6.07. The number of hydrogen-bond acceptors (Lipinski definition) is 4. The zero-order valence-electron chi connectivity index (χ0n) is 13.4. The maximum atomic E-state index is 12.0. The molecule has 1 aromatic heterocycles. The van der Waals surface area contributed by atoms with E-state index in [1.54, 1.807) is 18.4 Å². The molecule has 0 bridgehead atoms. The maximum Gasteiger partial charge on any atom is 0.414 e. The van der Waals surface area contributed by atoms with Crippen LogP contribution < -0.4 is 10.2 Å². The number of nitrogens with zero attached hydrogens (tertiary/aromatic N) is 1. The van der Waals surface area contributed by atoms with E-state index in [1.165, 1.54) is 10.5 Å². The molecule has 22 heavy (non-hydrogen) atoms. The largest absolute Gasteiger partial charge is 0.443 e. The Balaban J connectivity index is 1.94. The molecule has 0 atom stereocenters. The van der Waals surface area contributed by atoms with Gasteiger partial charge in [-0.3, -0.25) is 4.90 Å². The Labute approximate surface area is 135 Å². The zero-order valence-corrected chi connectivity index (χ0v) is 14.2. The Morgan fingerprint density at radius 3 is 2.45 bits per heavy atom. The van der Waals surface area contributed by atoms with E-state index in [0.717, 1.165) is 17.9 Å². The van der Waals surface area contributed by atoms with Gasteiger partial charge in [-0.05, 0) is 67.4 Å². The second kappa shape index (κ2) is 6.83. The van der Waals surface area contributed by atoms with Crippen LogP contribution >= 0.6 is 11.3 Å². The van der Waals surface area contributed by atoms with E-state index in [2.05, 4.69) is 22.1 Å². The van der Waals surface area contributed by atoms with Crippen molar-refractivity contribution < 1.29 is 9.53 Å². The fraction of sp³-hybridized carbons (Fsp3) is 0.353. The van der Waals surface area contributed by atoms with E-state index in [4.69, 9.17) is 4.74 Å². The van der Waals surface area contributed by atoms with Gasteiger partial charge < -0.3 is 10.1 Å². The lowest BCUT2D eigenvalue weighted by Crippen LogP contribution is -2.34. The molecular weight excluding hydrogens is 296 g/mol. The fourth-order valence-electron chi connectivity index (χ4n) is 1.84. The van der Waals surface area contributed by atoms with Crippen molar-refractivity contribution in [3.8, 4) is 0 Å². The molecule has 5 heteroatoms. The van der Waals surface area contributed by atoms with Crippen LogP contribution in [0.2, 0.25) is 0 Å². The predicted octanol–water partition coefficient (Wildman–Crippen LogP) is 4.73. The minimum absolute atomic E-state index is 0.355. The molecule has 0 radical (unpaired) electrons. The molecule has 0 spiro atoms. The van der Waals surface area contributed by atoms with Gasteiger partial charge in [0.2, 0.25) is 0 Å². The summed E-state index contributed by atoms with van der Waals surface area (Å²) >= 11 is 1.69. The number of thiophene rings is 1. The Bertz CT molecular complexity index is 601. The van der Waals surface area contributed by atoms with Crippen molar-refractivity contribution in [3.63, 3.8) is 0 Å². The van der Waals surface area contributed by atoms with Crippen molar-refractivity contribution in [2.45, 2.75) is 32.9 Å². The monoisotopic (exact) mass is 318 g/mol. The van der Waals surface area contributed by atoms with Gasteiger partial charge in [0.1, 0.15) is 5.60 Å². The molecular formula is C17H22N2O2S. The van der Waals surface area contributed by atoms with Crippen LogP contribution in [0.1, 0.15) is 26.3 Å². The van der Waals surface area contributed by atoms with Crippen LogP contribution in [0.25, 0.3) is 0 Å². The van der Waals surface area contributed by atoms with Crippen molar-refractivity contribution in [2.24, 2.45) is 0 Å². The molecule has 0 saturated carbocycles. The number of carbonyl (C=O) groups is 1. The highest BCUT2D eigenvalue weighted by Crippen LogP contribution is 2.20. The first-order chi connectivity index (χ1) is 10.3. The highest BCUT2D eigenvalue weighted by atomic mass is 32.1. The van der Waals surface area contributed by atoms with Crippen molar-refractivity contribution >= 4 is 28.8 Å². The summed E-state index contributed by atoms with van der Waals surface area (Å²) in [7, 11) is 1.71. The summed E-state index contributed by atoms with van der Waals surface area (Å²) in [5.74, 6) is 0. The summed E-state index contributed by atoms with van der Waals surface area (Å²) in [4.78, 5) is 13.5. The van der Waals surface area contributed by atoms with Crippen LogP contribution in [0.3, 0.4) is 0 Å². The van der Waals surface area contributed by atoms with Gasteiger partial charge in [-0.2, -0.15) is 11.3 Å². The van der Waals surface area contributed by atoms with Crippen LogP contribution in [0.4, 0.5) is 16.2 Å². The molecule has 118 valence electrons. The Kier molecular flexibility index (Phi) is 5.08. The standard InChI is InChI=1S/C17H22N2O2S/c1-17(2,3)21-16(20)19(4)15-7-5-14(6-8-15)18-11-13-9-10-22-12-13/h5-10,12,18H,11H2,1-4H3. The van der Waals surface area contributed by atoms with Gasteiger partial charge in [0.25, 0.3) is 0 Å². The van der Waals surface area contributed by atoms with E-state index >= 15 is 0 Å². The molecule has 4 nitrogen and oxygen atoms in total. The number of rotatable bonds is 4. The van der Waals surface area contributed by atoms with Gasteiger partial charge >= 0.3 is 6.09 Å². The number of carbonyl (C=O) groups excluding carboxylic acids is 1. The number of hydrogen-bond donors (Lipinski definition) is 1. The molecule has 0 aliphatic heterocycles. The minimum Gasteiger partial charge on any atom is -0.443 e. The van der Waals surface area contributed by atoms with E-state index < -0.39 is 5.60 Å². The first-order valence-corrected chi connectivity index (χ1v) is 8.11. The first kappa shape index (κ1) is 16.4. The van der Waals surface area contributed by atoms with E-state index in [9.17, 15) is 4.79 Å². The third-order valence-corrected chi connectivity index (χ3v) is 3.73. The third kappa shape index (κ3) is 4.77. The molecule has 2 aromatic rings. The molecule has 1 heterocycles. The summed E-state index contributed by atoms with van der Waals surface area (Å²) in [6, 6.07) is 9.83. The second-order valence-corrected chi connectivity index (χ2v) is 6.85. The van der Waals surface area contributed by atoms with Crippen LogP contribution in [0, 0.1) is 0 Å². The molecule has 0 aliphatic carbocycles. The van der Waals surface area contributed by atoms with Gasteiger partial charge in [-0.15, -0.1) is 0 Å². The third-order valence-electron chi connectivity index (χ3n) is 3.00. The van der Waals surface area contributed by atoms with E-state index in [0.29, 0.717) is 0 Å². The topological polar surface area (TPSA) is 41.6 Å². The lowest BCUT2D eigenvalue weighted by Gasteiger charge is -2.24. The van der Waals surface area contributed by atoms with Gasteiger partial charge in [0.05, 0.1) is 0 Å². The molecule has 0 saturated heterocycles. The smallest absolute Gasteiger partial charge is 0.414 e. The molecule has 1 amide bonds. The van der Waals surface area contributed by atoms with Crippen LogP contribution in [0.15, 0.2) is 41.1 Å². The fourth-order valence-corrected chi connectivity index (χ4v) is 2.50. The number of nitrogens with one attached hydrogen (secondary N) is 1. The zero-order chi connectivity index (χ0) is 16.2. The molecule has 2 rings (SSSR count). The van der Waals surface area contributed by atoms with Crippen molar-refractivity contribution in [1.29, 1.82) is 0 Å². The number of ether oxygens (including phenoxy) is 1. The molecule has 0 aliphatic rings. The lowest BCUT2D eigenvalue weighted by atomic mass is 10.2. The molecule has 1 N–H and O–H groups in total. The van der Waals surface area contributed by atoms with Crippen molar-refractivity contribution in [2.75, 3.05) is 17.3 Å². The molecule has 1 aromatic carbocycles. The van der Waals surface area contributed by atoms with Crippen LogP contribution in [0.5, 0.6) is 0 Å². The van der Waals surface area contributed by atoms with Crippen LogP contribution in [-0.2, 0) is 11.3 Å². The Morgan fingerprint density at radius 2 is 1.91 bits per heavy atom. The highest BCUT2D eigenvalue weighted by molar-refractivity contribution is 7.07. The summed E-state index contributed by atoms with van der Waals surface area (Å²) in [5, 5.41) is 7.54. The Hall–Kier alpha value is -2.01. The highest BCUT2D eigenvalue weighted by Gasteiger charge is 2.20. The normalized spacial score (nSPS) is 11.1. The van der Waals surface area contributed by atoms with Crippen LogP contribution in [-0.4, -0.2) is 18.7 Å². The summed E-state index contributed by atoms with van der Waals surface area (Å²) in [6.07, 6.45) is -0.355. The summed E-state index contributed by atoms with van der Waals surface area (Å²) in [6.45, 7) is 6.37. The van der Waals surface area contributed by atoms with Gasteiger partial charge in [-0.25, -0.2) is 4.79 Å². The molecule has 0 unspecified atom stereocenters. The number of amides is 1. The predicted molar refractivity (Wildman–Crippen MR) is 92.7 cm³/mol. The van der Waals surface area contributed by atoms with Gasteiger partial charge in [-0.1, -0.05) is 0 Å². The average molecular weight is 318 g/mol. The van der Waals surface area contributed by atoms with E-state index in [-0.39, 0.29) is 6.09 Å². The number of benzene rings is 1. The quantitative estimate of drug-likeness (QED) is 0.886.